The summed E-state index contributed by atoms with van der Waals surface area (Å²) in [6.07, 6.45) is 1.19. The molecule has 0 fully saturated rings. The van der Waals surface area contributed by atoms with Crippen LogP contribution in [0.15, 0.2) is 40.8 Å². The zero-order chi connectivity index (χ0) is 10.1. The topological polar surface area (TPSA) is 58.9 Å². The largest absolute Gasteiger partial charge is 0.368 e. The van der Waals surface area contributed by atoms with Crippen molar-refractivity contribution >= 4 is 11.8 Å². The monoisotopic (exact) mass is 186 g/mol. The molecule has 1 aliphatic heterocycles. The molecule has 1 aromatic carbocycles. The van der Waals surface area contributed by atoms with E-state index >= 15 is 0 Å². The van der Waals surface area contributed by atoms with Crippen molar-refractivity contribution in [2.75, 3.05) is 0 Å². The molecule has 0 radical (unpaired) electrons. The molecule has 1 aromatic rings. The van der Waals surface area contributed by atoms with Crippen LogP contribution in [0.4, 0.5) is 4.79 Å². The Morgan fingerprint density at radius 3 is 2.86 bits per heavy atom. The highest BCUT2D eigenvalue weighted by molar-refractivity contribution is 6.04. The number of allylic oxidation sites excluding steroid dienone is 1. The zero-order valence-corrected chi connectivity index (χ0v) is 7.23. The summed E-state index contributed by atoms with van der Waals surface area (Å²) in [4.78, 5) is 29.5. The third-order valence-electron chi connectivity index (χ3n) is 1.89. The van der Waals surface area contributed by atoms with Gasteiger partial charge in [0.15, 0.2) is 5.78 Å². The summed E-state index contributed by atoms with van der Waals surface area (Å²) in [6.45, 7) is 3.37. The lowest BCUT2D eigenvalue weighted by Crippen LogP contribution is -2.27. The second kappa shape index (κ2) is 2.99. The molecule has 0 unspecified atom stereocenters. The Morgan fingerprint density at radius 2 is 2.14 bits per heavy atom. The number of rotatable bonds is 2. The van der Waals surface area contributed by atoms with Crippen LogP contribution in [0.1, 0.15) is 10.4 Å². The standard InChI is InChI=1S/C10H6N2O2/c1-2-8(13)6-4-3-5-7-9(6)12-10(14)11-7/h2-5H,1H2. The molecule has 0 bridgehead atoms. The first-order valence-corrected chi connectivity index (χ1v) is 3.99. The number of hydrogen-bond acceptors (Lipinski definition) is 2. The lowest BCUT2D eigenvalue weighted by Gasteiger charge is -1.92. The van der Waals surface area contributed by atoms with E-state index in [0.29, 0.717) is 16.3 Å². The van der Waals surface area contributed by atoms with Gasteiger partial charge in [-0.2, -0.15) is 9.98 Å². The van der Waals surface area contributed by atoms with E-state index in [1.165, 1.54) is 6.08 Å². The van der Waals surface area contributed by atoms with Gasteiger partial charge in [0, 0.05) is 5.56 Å². The van der Waals surface area contributed by atoms with Gasteiger partial charge in [0.1, 0.15) is 5.36 Å². The van der Waals surface area contributed by atoms with Gasteiger partial charge in [-0.25, -0.2) is 4.79 Å². The Balaban J connectivity index is 2.81. The van der Waals surface area contributed by atoms with Gasteiger partial charge in [-0.1, -0.05) is 12.6 Å². The van der Waals surface area contributed by atoms with Crippen LogP contribution in [0, 0.1) is 0 Å². The molecule has 0 spiro atoms. The minimum absolute atomic E-state index is 0.254. The van der Waals surface area contributed by atoms with Crippen LogP contribution in [0.3, 0.4) is 0 Å². The van der Waals surface area contributed by atoms with Gasteiger partial charge in [0.2, 0.25) is 0 Å². The Kier molecular flexibility index (Phi) is 1.81. The molecule has 0 saturated heterocycles. The molecule has 2 rings (SSSR count). The SMILES string of the molecule is C=CC(=O)c1cccc2c1=NC(=O)N=2. The van der Waals surface area contributed by atoms with E-state index in [9.17, 15) is 9.59 Å². The molecule has 0 saturated carbocycles. The number of amides is 2. The number of nitrogens with zero attached hydrogens (tertiary/aromatic N) is 2. The Morgan fingerprint density at radius 1 is 1.36 bits per heavy atom. The molecule has 0 aliphatic carbocycles. The van der Waals surface area contributed by atoms with E-state index < -0.39 is 6.03 Å². The van der Waals surface area contributed by atoms with Crippen LogP contribution in [-0.4, -0.2) is 11.8 Å². The molecule has 1 heterocycles. The molecule has 0 N–H and O–H groups in total. The van der Waals surface area contributed by atoms with Crippen molar-refractivity contribution in [3.63, 3.8) is 0 Å². The van der Waals surface area contributed by atoms with Crippen molar-refractivity contribution < 1.29 is 9.59 Å². The van der Waals surface area contributed by atoms with E-state index in [2.05, 4.69) is 16.6 Å². The molecular weight excluding hydrogens is 180 g/mol. The number of hydrogen-bond donors (Lipinski definition) is 0. The highest BCUT2D eigenvalue weighted by Crippen LogP contribution is 1.95. The van der Waals surface area contributed by atoms with E-state index in [-0.39, 0.29) is 5.78 Å². The molecule has 68 valence electrons. The van der Waals surface area contributed by atoms with Crippen molar-refractivity contribution in [2.24, 2.45) is 9.98 Å². The van der Waals surface area contributed by atoms with Crippen molar-refractivity contribution in [3.05, 3.63) is 47.1 Å². The fourth-order valence-electron chi connectivity index (χ4n) is 1.27. The maximum Gasteiger partial charge on any atom is 0.368 e. The number of carbonyl (C=O) groups is 2. The van der Waals surface area contributed by atoms with E-state index in [0.717, 1.165) is 0 Å². The van der Waals surface area contributed by atoms with Gasteiger partial charge >= 0.3 is 6.03 Å². The number of fused-ring (bicyclic) bond motifs is 1. The zero-order valence-electron chi connectivity index (χ0n) is 7.23. The van der Waals surface area contributed by atoms with Crippen LogP contribution in [-0.2, 0) is 0 Å². The second-order valence-corrected chi connectivity index (χ2v) is 2.75. The van der Waals surface area contributed by atoms with Crippen molar-refractivity contribution in [2.45, 2.75) is 0 Å². The summed E-state index contributed by atoms with van der Waals surface area (Å²) >= 11 is 0. The summed E-state index contributed by atoms with van der Waals surface area (Å²) in [5, 5.41) is 0.796. The average Bonchev–Trinajstić information content (AvgIpc) is 2.56. The van der Waals surface area contributed by atoms with Gasteiger partial charge in [-0.3, -0.25) is 4.79 Å². The third kappa shape index (κ3) is 1.17. The highest BCUT2D eigenvalue weighted by atomic mass is 16.2. The molecular formula is C10H6N2O2. The molecule has 14 heavy (non-hydrogen) atoms. The maximum absolute atomic E-state index is 11.3. The lowest BCUT2D eigenvalue weighted by atomic mass is 10.1. The quantitative estimate of drug-likeness (QED) is 0.496. The van der Waals surface area contributed by atoms with E-state index in [4.69, 9.17) is 0 Å². The first-order valence-electron chi connectivity index (χ1n) is 3.99. The number of para-hydroxylation sites is 1. The first-order chi connectivity index (χ1) is 6.72. The summed E-state index contributed by atoms with van der Waals surface area (Å²) in [5.41, 5.74) is 0.368. The molecule has 4 heteroatoms. The van der Waals surface area contributed by atoms with Crippen LogP contribution < -0.4 is 10.7 Å². The van der Waals surface area contributed by atoms with Crippen molar-refractivity contribution in [1.82, 2.24) is 0 Å². The third-order valence-corrected chi connectivity index (χ3v) is 1.89. The predicted molar refractivity (Wildman–Crippen MR) is 48.7 cm³/mol. The molecule has 1 aliphatic rings. The summed E-state index contributed by atoms with van der Waals surface area (Å²) < 4.78 is 0. The fraction of sp³-hybridized carbons (Fsp3) is 0. The smallest absolute Gasteiger partial charge is 0.289 e. The fourth-order valence-corrected chi connectivity index (χ4v) is 1.27. The van der Waals surface area contributed by atoms with Crippen LogP contribution >= 0.6 is 0 Å². The summed E-state index contributed by atoms with van der Waals surface area (Å²) in [6, 6.07) is 4.33. The summed E-state index contributed by atoms with van der Waals surface area (Å²) in [5.74, 6) is -0.254. The van der Waals surface area contributed by atoms with Gasteiger partial charge in [-0.15, -0.1) is 0 Å². The number of urea groups is 1. The second-order valence-electron chi connectivity index (χ2n) is 2.75. The molecule has 4 nitrogen and oxygen atoms in total. The Bertz CT molecular complexity index is 558. The van der Waals surface area contributed by atoms with E-state index in [1.54, 1.807) is 18.2 Å². The summed E-state index contributed by atoms with van der Waals surface area (Å²) in [7, 11) is 0. The predicted octanol–water partition coefficient (Wildman–Crippen LogP) is 0.428. The number of ketones is 1. The molecule has 2 amide bonds. The number of benzene rings is 1. The Hall–Kier alpha value is -2.10. The molecule has 0 atom stereocenters. The number of carbonyl (C=O) groups excluding carboxylic acids is 2. The van der Waals surface area contributed by atoms with Crippen LogP contribution in [0.2, 0.25) is 0 Å². The van der Waals surface area contributed by atoms with Gasteiger partial charge < -0.3 is 0 Å². The minimum atomic E-state index is -0.565. The van der Waals surface area contributed by atoms with Gasteiger partial charge in [0.25, 0.3) is 0 Å². The average molecular weight is 186 g/mol. The normalized spacial score (nSPS) is 12.7. The van der Waals surface area contributed by atoms with Crippen molar-refractivity contribution in [3.8, 4) is 0 Å². The lowest BCUT2D eigenvalue weighted by molar-refractivity contribution is 0.104. The van der Waals surface area contributed by atoms with Crippen LogP contribution in [0.25, 0.3) is 0 Å². The van der Waals surface area contributed by atoms with E-state index in [1.807, 2.05) is 0 Å². The van der Waals surface area contributed by atoms with Gasteiger partial charge in [-0.05, 0) is 18.2 Å². The minimum Gasteiger partial charge on any atom is -0.289 e. The highest BCUT2D eigenvalue weighted by Gasteiger charge is 2.11. The first kappa shape index (κ1) is 8.50. The van der Waals surface area contributed by atoms with Crippen molar-refractivity contribution in [1.29, 1.82) is 0 Å². The van der Waals surface area contributed by atoms with Gasteiger partial charge in [0.05, 0.1) is 5.36 Å². The van der Waals surface area contributed by atoms with Crippen LogP contribution in [0.5, 0.6) is 0 Å². The molecule has 0 aromatic heterocycles. The maximum atomic E-state index is 11.3. The Labute approximate surface area is 79.3 Å².